The number of carboxylic acid groups (broad SMARTS) is 1. The highest BCUT2D eigenvalue weighted by molar-refractivity contribution is 5.93. The van der Waals surface area contributed by atoms with Gasteiger partial charge in [0.15, 0.2) is 0 Å². The smallest absolute Gasteiger partial charge is 0.341 e. The molecule has 0 amide bonds. The Morgan fingerprint density at radius 3 is 2.45 bits per heavy atom. The van der Waals surface area contributed by atoms with E-state index in [9.17, 15) is 14.0 Å². The Morgan fingerprint density at radius 1 is 1.23 bits per heavy atom. The number of fused-ring (bicyclic) bond motifs is 1. The summed E-state index contributed by atoms with van der Waals surface area (Å²) in [7, 11) is 0. The Labute approximate surface area is 132 Å². The van der Waals surface area contributed by atoms with Gasteiger partial charge in [0.2, 0.25) is 5.43 Å². The standard InChI is InChI=1S/C16H14FNO3.ClH/c17-13-5-11-14(6-10(13)8-1-2-8)18(9-3-4-9)7-12(15(11)19)16(20)21;/h5-9H,1-4H2,(H,20,21);1H. The van der Waals surface area contributed by atoms with E-state index in [1.807, 2.05) is 4.57 Å². The van der Waals surface area contributed by atoms with Crippen molar-refractivity contribution in [1.29, 1.82) is 0 Å². The van der Waals surface area contributed by atoms with E-state index in [0.29, 0.717) is 11.1 Å². The van der Waals surface area contributed by atoms with E-state index < -0.39 is 17.2 Å². The minimum absolute atomic E-state index is 0. The quantitative estimate of drug-likeness (QED) is 0.940. The largest absolute Gasteiger partial charge is 0.477 e. The van der Waals surface area contributed by atoms with Crippen LogP contribution < -0.4 is 5.43 Å². The fourth-order valence-electron chi connectivity index (χ4n) is 2.90. The fourth-order valence-corrected chi connectivity index (χ4v) is 2.90. The lowest BCUT2D eigenvalue weighted by molar-refractivity contribution is 0.0695. The van der Waals surface area contributed by atoms with Crippen molar-refractivity contribution in [3.8, 4) is 0 Å². The lowest BCUT2D eigenvalue weighted by Gasteiger charge is -2.13. The summed E-state index contributed by atoms with van der Waals surface area (Å²) in [4.78, 5) is 23.5. The molecule has 0 saturated heterocycles. The summed E-state index contributed by atoms with van der Waals surface area (Å²) in [6.45, 7) is 0. The summed E-state index contributed by atoms with van der Waals surface area (Å²) in [5, 5.41) is 9.34. The third kappa shape index (κ3) is 2.29. The highest BCUT2D eigenvalue weighted by atomic mass is 35.5. The van der Waals surface area contributed by atoms with E-state index in [2.05, 4.69) is 0 Å². The molecule has 0 bridgehead atoms. The summed E-state index contributed by atoms with van der Waals surface area (Å²) in [5.74, 6) is -1.41. The molecule has 1 N–H and O–H groups in total. The van der Waals surface area contributed by atoms with Crippen molar-refractivity contribution in [3.63, 3.8) is 0 Å². The van der Waals surface area contributed by atoms with Crippen molar-refractivity contribution in [1.82, 2.24) is 4.57 Å². The molecule has 4 nitrogen and oxygen atoms in total. The molecule has 1 aromatic heterocycles. The molecule has 1 heterocycles. The Morgan fingerprint density at radius 2 is 1.91 bits per heavy atom. The summed E-state index contributed by atoms with van der Waals surface area (Å²) in [5.41, 5.74) is 0.429. The van der Waals surface area contributed by atoms with Crippen LogP contribution in [-0.4, -0.2) is 15.6 Å². The predicted molar refractivity (Wildman–Crippen MR) is 82.6 cm³/mol. The van der Waals surface area contributed by atoms with E-state index in [1.54, 1.807) is 6.07 Å². The van der Waals surface area contributed by atoms with Crippen LogP contribution in [0.2, 0.25) is 0 Å². The molecule has 2 fully saturated rings. The molecule has 0 radical (unpaired) electrons. The van der Waals surface area contributed by atoms with Crippen molar-refractivity contribution in [2.75, 3.05) is 0 Å². The Kier molecular flexibility index (Phi) is 3.48. The Balaban J connectivity index is 0.00000144. The van der Waals surface area contributed by atoms with Gasteiger partial charge in [0.25, 0.3) is 0 Å². The lowest BCUT2D eigenvalue weighted by Crippen LogP contribution is -2.19. The van der Waals surface area contributed by atoms with E-state index in [4.69, 9.17) is 5.11 Å². The van der Waals surface area contributed by atoms with Gasteiger partial charge >= 0.3 is 5.97 Å². The molecule has 2 aliphatic carbocycles. The Bertz CT molecular complexity index is 837. The second-order valence-electron chi connectivity index (χ2n) is 5.98. The van der Waals surface area contributed by atoms with Crippen LogP contribution in [0.5, 0.6) is 0 Å². The number of hydrogen-bond acceptors (Lipinski definition) is 2. The maximum Gasteiger partial charge on any atom is 0.341 e. The van der Waals surface area contributed by atoms with Crippen LogP contribution in [0.25, 0.3) is 10.9 Å². The second kappa shape index (κ2) is 5.09. The highest BCUT2D eigenvalue weighted by Gasteiger charge is 2.30. The molecule has 0 unspecified atom stereocenters. The zero-order valence-corrected chi connectivity index (χ0v) is 12.5. The van der Waals surface area contributed by atoms with Crippen LogP contribution in [0.1, 0.15) is 53.6 Å². The number of pyridine rings is 1. The monoisotopic (exact) mass is 323 g/mol. The van der Waals surface area contributed by atoms with Crippen LogP contribution in [0.3, 0.4) is 0 Å². The first kappa shape index (κ1) is 15.0. The molecule has 22 heavy (non-hydrogen) atoms. The van der Waals surface area contributed by atoms with E-state index >= 15 is 0 Å². The second-order valence-corrected chi connectivity index (χ2v) is 5.98. The average Bonchev–Trinajstić information content (AvgIpc) is 3.31. The topological polar surface area (TPSA) is 59.3 Å². The number of carboxylic acids is 1. The van der Waals surface area contributed by atoms with Gasteiger partial charge in [-0.15, -0.1) is 12.4 Å². The number of hydrogen-bond donors (Lipinski definition) is 1. The lowest BCUT2D eigenvalue weighted by atomic mass is 10.0. The minimum atomic E-state index is -1.26. The molecule has 0 aliphatic heterocycles. The van der Waals surface area contributed by atoms with Crippen LogP contribution in [-0.2, 0) is 0 Å². The normalized spacial score (nSPS) is 17.3. The van der Waals surface area contributed by atoms with Gasteiger partial charge < -0.3 is 9.67 Å². The maximum atomic E-state index is 14.2. The molecule has 6 heteroatoms. The number of aromatic carboxylic acids is 1. The van der Waals surface area contributed by atoms with E-state index in [0.717, 1.165) is 25.7 Å². The first-order valence-corrected chi connectivity index (χ1v) is 7.18. The SMILES string of the molecule is Cl.O=C(O)c1cn(C2CC2)c2cc(C3CC3)c(F)cc2c1=O. The molecule has 4 rings (SSSR count). The number of rotatable bonds is 3. The van der Waals surface area contributed by atoms with Crippen molar-refractivity contribution in [2.24, 2.45) is 0 Å². The number of aromatic nitrogens is 1. The molecular weight excluding hydrogens is 309 g/mol. The van der Waals surface area contributed by atoms with Gasteiger partial charge in [0, 0.05) is 17.6 Å². The third-order valence-electron chi connectivity index (χ3n) is 4.34. The number of benzene rings is 1. The first-order chi connectivity index (χ1) is 10.1. The maximum absolute atomic E-state index is 14.2. The summed E-state index contributed by atoms with van der Waals surface area (Å²) in [6, 6.07) is 3.19. The number of nitrogens with zero attached hydrogens (tertiary/aromatic N) is 1. The van der Waals surface area contributed by atoms with Crippen molar-refractivity contribution < 1.29 is 14.3 Å². The van der Waals surface area contributed by atoms with Gasteiger partial charge in [-0.05, 0) is 49.3 Å². The van der Waals surface area contributed by atoms with Gasteiger partial charge in [-0.2, -0.15) is 0 Å². The van der Waals surface area contributed by atoms with E-state index in [-0.39, 0.29) is 35.3 Å². The van der Waals surface area contributed by atoms with E-state index in [1.165, 1.54) is 12.3 Å². The van der Waals surface area contributed by atoms with Crippen molar-refractivity contribution >= 4 is 29.3 Å². The van der Waals surface area contributed by atoms with Gasteiger partial charge in [0.05, 0.1) is 5.52 Å². The van der Waals surface area contributed by atoms with Gasteiger partial charge in [0.1, 0.15) is 11.4 Å². The molecule has 2 saturated carbocycles. The fraction of sp³-hybridized carbons (Fsp3) is 0.375. The molecular formula is C16H15ClFNO3. The van der Waals surface area contributed by atoms with Gasteiger partial charge in [-0.3, -0.25) is 4.79 Å². The molecule has 0 spiro atoms. The van der Waals surface area contributed by atoms with Crippen LogP contribution >= 0.6 is 12.4 Å². The third-order valence-corrected chi connectivity index (χ3v) is 4.34. The zero-order chi connectivity index (χ0) is 14.7. The predicted octanol–water partition coefficient (Wildman–Crippen LogP) is 3.47. The minimum Gasteiger partial charge on any atom is -0.477 e. The summed E-state index contributed by atoms with van der Waals surface area (Å²) < 4.78 is 16.0. The molecule has 2 aliphatic rings. The number of halogens is 2. The van der Waals surface area contributed by atoms with Crippen LogP contribution in [0, 0.1) is 5.82 Å². The van der Waals surface area contributed by atoms with Crippen molar-refractivity contribution in [2.45, 2.75) is 37.6 Å². The molecule has 2 aromatic rings. The van der Waals surface area contributed by atoms with Gasteiger partial charge in [-0.25, -0.2) is 9.18 Å². The average molecular weight is 324 g/mol. The zero-order valence-electron chi connectivity index (χ0n) is 11.7. The highest BCUT2D eigenvalue weighted by Crippen LogP contribution is 2.43. The number of carbonyl (C=O) groups is 1. The summed E-state index contributed by atoms with van der Waals surface area (Å²) >= 11 is 0. The van der Waals surface area contributed by atoms with Crippen LogP contribution in [0.15, 0.2) is 23.1 Å². The molecule has 0 atom stereocenters. The molecule has 1 aromatic carbocycles. The first-order valence-electron chi connectivity index (χ1n) is 7.18. The Hall–Kier alpha value is -1.88. The van der Waals surface area contributed by atoms with Crippen LogP contribution in [0.4, 0.5) is 4.39 Å². The van der Waals surface area contributed by atoms with Gasteiger partial charge in [-0.1, -0.05) is 0 Å². The van der Waals surface area contributed by atoms with Crippen molar-refractivity contribution in [3.05, 3.63) is 45.5 Å². The molecule has 116 valence electrons. The summed E-state index contributed by atoms with van der Waals surface area (Å²) in [6.07, 6.45) is 5.30.